The molecule has 118 valence electrons. The highest BCUT2D eigenvalue weighted by molar-refractivity contribution is 6.35. The average Bonchev–Trinajstić information content (AvgIpc) is 2.89. The van der Waals surface area contributed by atoms with Gasteiger partial charge in [-0.1, -0.05) is 13.0 Å². The second-order valence-corrected chi connectivity index (χ2v) is 5.35. The van der Waals surface area contributed by atoms with E-state index < -0.39 is 0 Å². The van der Waals surface area contributed by atoms with E-state index in [0.717, 1.165) is 40.3 Å². The summed E-state index contributed by atoms with van der Waals surface area (Å²) in [5.74, 6) is 1.50. The van der Waals surface area contributed by atoms with E-state index in [9.17, 15) is 4.79 Å². The third-order valence-corrected chi connectivity index (χ3v) is 4.01. The van der Waals surface area contributed by atoms with E-state index in [1.54, 1.807) is 14.2 Å². The number of aryl methyl sites for hydroxylation is 1. The van der Waals surface area contributed by atoms with Crippen LogP contribution >= 0.6 is 0 Å². The van der Waals surface area contributed by atoms with Crippen LogP contribution in [0.5, 0.6) is 11.5 Å². The molecule has 1 N–H and O–H groups in total. The summed E-state index contributed by atoms with van der Waals surface area (Å²) in [4.78, 5) is 12.3. The van der Waals surface area contributed by atoms with Crippen LogP contribution in [0.4, 0.5) is 5.69 Å². The topological polar surface area (TPSA) is 47.6 Å². The number of benzene rings is 2. The van der Waals surface area contributed by atoms with Gasteiger partial charge in [0.15, 0.2) is 0 Å². The molecule has 2 aromatic carbocycles. The fourth-order valence-electron chi connectivity index (χ4n) is 2.77. The van der Waals surface area contributed by atoms with Gasteiger partial charge in [0.05, 0.1) is 14.2 Å². The number of hydrogen-bond donors (Lipinski definition) is 1. The minimum atomic E-state index is -0.0953. The molecule has 0 unspecified atom stereocenters. The van der Waals surface area contributed by atoms with Crippen molar-refractivity contribution in [3.63, 3.8) is 0 Å². The average molecular weight is 309 g/mol. The third kappa shape index (κ3) is 2.80. The lowest BCUT2D eigenvalue weighted by Gasteiger charge is -2.08. The van der Waals surface area contributed by atoms with Crippen molar-refractivity contribution in [2.24, 2.45) is 0 Å². The van der Waals surface area contributed by atoms with Crippen molar-refractivity contribution >= 4 is 23.2 Å². The van der Waals surface area contributed by atoms with Gasteiger partial charge in [-0.05, 0) is 54.0 Å². The number of methoxy groups -OCH3 is 2. The highest BCUT2D eigenvalue weighted by atomic mass is 16.5. The van der Waals surface area contributed by atoms with Crippen molar-refractivity contribution in [2.45, 2.75) is 13.3 Å². The number of ether oxygens (including phenoxy) is 2. The quantitative estimate of drug-likeness (QED) is 0.875. The number of carbonyl (C=O) groups excluding carboxylic acids is 1. The van der Waals surface area contributed by atoms with Gasteiger partial charge in [-0.3, -0.25) is 4.79 Å². The van der Waals surface area contributed by atoms with E-state index in [4.69, 9.17) is 9.47 Å². The molecular formula is C19H19NO3. The predicted molar refractivity (Wildman–Crippen MR) is 91.9 cm³/mol. The zero-order chi connectivity index (χ0) is 16.4. The first-order valence-electron chi connectivity index (χ1n) is 7.54. The molecule has 0 atom stereocenters. The Kier molecular flexibility index (Phi) is 4.06. The maximum atomic E-state index is 12.3. The predicted octanol–water partition coefficient (Wildman–Crippen LogP) is 3.76. The summed E-state index contributed by atoms with van der Waals surface area (Å²) >= 11 is 0. The van der Waals surface area contributed by atoms with E-state index in [-0.39, 0.29) is 5.91 Å². The lowest BCUT2D eigenvalue weighted by atomic mass is 10.0. The number of nitrogens with one attached hydrogen (secondary N) is 1. The molecule has 0 bridgehead atoms. The SMILES string of the molecule is CCc1cc(/C=C2/C(=O)Nc3ccc(OC)cc32)ccc1OC. The Balaban J connectivity index is 2.05. The van der Waals surface area contributed by atoms with E-state index in [2.05, 4.69) is 18.3 Å². The smallest absolute Gasteiger partial charge is 0.256 e. The van der Waals surface area contributed by atoms with Crippen LogP contribution < -0.4 is 14.8 Å². The fraction of sp³-hybridized carbons (Fsp3) is 0.211. The lowest BCUT2D eigenvalue weighted by Crippen LogP contribution is -2.03. The molecule has 1 aliphatic rings. The third-order valence-electron chi connectivity index (χ3n) is 4.01. The van der Waals surface area contributed by atoms with E-state index >= 15 is 0 Å². The summed E-state index contributed by atoms with van der Waals surface area (Å²) in [7, 11) is 3.28. The Morgan fingerprint density at radius 1 is 1.09 bits per heavy atom. The number of hydrogen-bond acceptors (Lipinski definition) is 3. The standard InChI is InChI=1S/C19H19NO3/c1-4-13-9-12(5-8-18(13)23-3)10-16-15-11-14(22-2)6-7-17(15)20-19(16)21/h5-11H,4H2,1-3H3,(H,20,21)/b16-10+. The van der Waals surface area contributed by atoms with E-state index in [1.807, 2.05) is 36.4 Å². The summed E-state index contributed by atoms with van der Waals surface area (Å²) in [5, 5.41) is 2.88. The Labute approximate surface area is 135 Å². The molecule has 4 nitrogen and oxygen atoms in total. The van der Waals surface area contributed by atoms with Crippen molar-refractivity contribution in [2.75, 3.05) is 19.5 Å². The van der Waals surface area contributed by atoms with Crippen LogP contribution in [0.2, 0.25) is 0 Å². The van der Waals surface area contributed by atoms with Crippen LogP contribution in [0.15, 0.2) is 36.4 Å². The van der Waals surface area contributed by atoms with Crippen molar-refractivity contribution in [1.29, 1.82) is 0 Å². The molecule has 0 saturated heterocycles. The summed E-state index contributed by atoms with van der Waals surface area (Å²) < 4.78 is 10.6. The van der Waals surface area contributed by atoms with Crippen molar-refractivity contribution < 1.29 is 14.3 Å². The number of anilines is 1. The van der Waals surface area contributed by atoms with Crippen molar-refractivity contribution in [3.05, 3.63) is 53.1 Å². The molecule has 3 rings (SSSR count). The minimum Gasteiger partial charge on any atom is -0.497 e. The van der Waals surface area contributed by atoms with Gasteiger partial charge in [0.2, 0.25) is 0 Å². The zero-order valence-corrected chi connectivity index (χ0v) is 13.5. The highest BCUT2D eigenvalue weighted by Gasteiger charge is 2.24. The molecule has 1 heterocycles. The van der Waals surface area contributed by atoms with Gasteiger partial charge in [-0.25, -0.2) is 0 Å². The van der Waals surface area contributed by atoms with Crippen LogP contribution in [0.3, 0.4) is 0 Å². The van der Waals surface area contributed by atoms with E-state index in [0.29, 0.717) is 5.57 Å². The van der Waals surface area contributed by atoms with Crippen LogP contribution in [0.1, 0.15) is 23.6 Å². The van der Waals surface area contributed by atoms with Gasteiger partial charge in [0.1, 0.15) is 11.5 Å². The van der Waals surface area contributed by atoms with Crippen molar-refractivity contribution in [1.82, 2.24) is 0 Å². The molecule has 0 aromatic heterocycles. The van der Waals surface area contributed by atoms with Crippen molar-refractivity contribution in [3.8, 4) is 11.5 Å². The van der Waals surface area contributed by atoms with Gasteiger partial charge >= 0.3 is 0 Å². The molecule has 1 aliphatic heterocycles. The molecule has 23 heavy (non-hydrogen) atoms. The second kappa shape index (κ2) is 6.16. The Hall–Kier alpha value is -2.75. The Bertz CT molecular complexity index is 793. The first kappa shape index (κ1) is 15.2. The second-order valence-electron chi connectivity index (χ2n) is 5.35. The molecular weight excluding hydrogens is 290 g/mol. The largest absolute Gasteiger partial charge is 0.497 e. The number of carbonyl (C=O) groups is 1. The molecule has 0 radical (unpaired) electrons. The molecule has 0 spiro atoms. The molecule has 0 fully saturated rings. The molecule has 2 aromatic rings. The molecule has 1 amide bonds. The normalized spacial score (nSPS) is 14.6. The zero-order valence-electron chi connectivity index (χ0n) is 13.5. The first-order valence-corrected chi connectivity index (χ1v) is 7.54. The van der Waals surface area contributed by atoms with Gasteiger partial charge in [-0.15, -0.1) is 0 Å². The summed E-state index contributed by atoms with van der Waals surface area (Å²) in [5.41, 5.74) is 4.41. The molecule has 0 aliphatic carbocycles. The van der Waals surface area contributed by atoms with Gasteiger partial charge in [0, 0.05) is 16.8 Å². The van der Waals surface area contributed by atoms with Gasteiger partial charge in [0.25, 0.3) is 5.91 Å². The molecule has 0 saturated carbocycles. The maximum Gasteiger partial charge on any atom is 0.256 e. The van der Waals surface area contributed by atoms with Gasteiger partial charge < -0.3 is 14.8 Å². The number of rotatable bonds is 4. The first-order chi connectivity index (χ1) is 11.2. The Morgan fingerprint density at radius 2 is 1.91 bits per heavy atom. The number of amides is 1. The monoisotopic (exact) mass is 309 g/mol. The summed E-state index contributed by atoms with van der Waals surface area (Å²) in [6, 6.07) is 11.5. The van der Waals surface area contributed by atoms with Crippen LogP contribution in [0.25, 0.3) is 11.6 Å². The van der Waals surface area contributed by atoms with Gasteiger partial charge in [-0.2, -0.15) is 0 Å². The van der Waals surface area contributed by atoms with Crippen LogP contribution in [-0.2, 0) is 11.2 Å². The lowest BCUT2D eigenvalue weighted by molar-refractivity contribution is -0.110. The van der Waals surface area contributed by atoms with Crippen LogP contribution in [0, 0.1) is 0 Å². The van der Waals surface area contributed by atoms with Crippen LogP contribution in [-0.4, -0.2) is 20.1 Å². The summed E-state index contributed by atoms with van der Waals surface area (Å²) in [6.07, 6.45) is 2.77. The maximum absolute atomic E-state index is 12.3. The minimum absolute atomic E-state index is 0.0953. The highest BCUT2D eigenvalue weighted by Crippen LogP contribution is 2.36. The Morgan fingerprint density at radius 3 is 2.61 bits per heavy atom. The van der Waals surface area contributed by atoms with E-state index in [1.165, 1.54) is 0 Å². The molecule has 4 heteroatoms. The fourth-order valence-corrected chi connectivity index (χ4v) is 2.77. The summed E-state index contributed by atoms with van der Waals surface area (Å²) in [6.45, 7) is 2.08. The number of fused-ring (bicyclic) bond motifs is 1.